The molecule has 0 aliphatic rings. The highest BCUT2D eigenvalue weighted by atomic mass is 79.9. The monoisotopic (exact) mass is 523 g/mol. The van der Waals surface area contributed by atoms with E-state index >= 15 is 0 Å². The molecule has 0 aliphatic carbocycles. The fraction of sp³-hybridized carbons (Fsp3) is 0.120. The Morgan fingerprint density at radius 1 is 1.00 bits per heavy atom. The number of carbonyl (C=O) groups excluding carboxylic acids is 2. The van der Waals surface area contributed by atoms with Gasteiger partial charge < -0.3 is 15.2 Å². The van der Waals surface area contributed by atoms with E-state index in [9.17, 15) is 14.4 Å². The van der Waals surface area contributed by atoms with Crippen LogP contribution in [0.15, 0.2) is 88.4 Å². The zero-order valence-corrected chi connectivity index (χ0v) is 19.6. The van der Waals surface area contributed by atoms with Crippen molar-refractivity contribution in [3.05, 3.63) is 100 Å². The van der Waals surface area contributed by atoms with Crippen LogP contribution in [0.2, 0.25) is 0 Å². The normalized spacial score (nSPS) is 11.6. The number of nitrogens with one attached hydrogen (secondary N) is 2. The molecule has 34 heavy (non-hydrogen) atoms. The molecule has 0 aliphatic heterocycles. The second-order valence-corrected chi connectivity index (χ2v) is 8.03. The lowest BCUT2D eigenvalue weighted by atomic mass is 10.0. The number of nitrogens with zero attached hydrogens (tertiary/aromatic N) is 1. The van der Waals surface area contributed by atoms with Crippen LogP contribution < -0.4 is 15.5 Å². The van der Waals surface area contributed by atoms with Gasteiger partial charge in [-0.1, -0.05) is 48.5 Å². The largest absolute Gasteiger partial charge is 0.481 e. The van der Waals surface area contributed by atoms with Crippen LogP contribution in [0, 0.1) is 0 Å². The number of carboxylic acids is 1. The van der Waals surface area contributed by atoms with E-state index in [1.807, 2.05) is 36.4 Å². The standard InChI is InChI=1S/C25H22BrN3O5/c26-20-13-17(11-12-22(20)34-16-24(31)32)15-27-29-23(30)14-21(18-7-3-1-4-8-18)28-25(33)19-9-5-2-6-10-19/h1-13,15,21H,14,16H2,(H,28,33)(H,29,30)(H,31,32)/b27-15-/t21-/m0/s1. The maximum Gasteiger partial charge on any atom is 0.341 e. The molecule has 8 nitrogen and oxygen atoms in total. The highest BCUT2D eigenvalue weighted by molar-refractivity contribution is 9.10. The lowest BCUT2D eigenvalue weighted by Gasteiger charge is -2.18. The van der Waals surface area contributed by atoms with Crippen LogP contribution in [-0.2, 0) is 9.59 Å². The van der Waals surface area contributed by atoms with Crippen LogP contribution in [0.4, 0.5) is 0 Å². The van der Waals surface area contributed by atoms with Crippen molar-refractivity contribution >= 4 is 39.9 Å². The molecule has 0 radical (unpaired) electrons. The average Bonchev–Trinajstić information content (AvgIpc) is 2.84. The van der Waals surface area contributed by atoms with E-state index in [-0.39, 0.29) is 18.2 Å². The number of aliphatic carboxylic acids is 1. The Kier molecular flexibility index (Phi) is 8.93. The van der Waals surface area contributed by atoms with Crippen LogP contribution in [0.1, 0.15) is 33.9 Å². The third-order valence-corrected chi connectivity index (χ3v) is 5.26. The first kappa shape index (κ1) is 24.7. The van der Waals surface area contributed by atoms with Gasteiger partial charge in [-0.25, -0.2) is 10.2 Å². The summed E-state index contributed by atoms with van der Waals surface area (Å²) >= 11 is 3.31. The van der Waals surface area contributed by atoms with Gasteiger partial charge in [0.2, 0.25) is 5.91 Å². The second kappa shape index (κ2) is 12.3. The number of amides is 2. The average molecular weight is 524 g/mol. The number of rotatable bonds is 10. The topological polar surface area (TPSA) is 117 Å². The molecule has 174 valence electrons. The minimum atomic E-state index is -1.07. The summed E-state index contributed by atoms with van der Waals surface area (Å²) in [6.45, 7) is -0.453. The minimum absolute atomic E-state index is 0.00835. The molecule has 3 N–H and O–H groups in total. The molecule has 3 aromatic rings. The lowest BCUT2D eigenvalue weighted by molar-refractivity contribution is -0.139. The van der Waals surface area contributed by atoms with E-state index in [1.165, 1.54) is 6.21 Å². The molecule has 3 aromatic carbocycles. The van der Waals surface area contributed by atoms with E-state index in [2.05, 4.69) is 31.8 Å². The van der Waals surface area contributed by atoms with E-state index in [1.54, 1.807) is 42.5 Å². The maximum absolute atomic E-state index is 12.6. The molecule has 3 rings (SSSR count). The maximum atomic E-state index is 12.6. The highest BCUT2D eigenvalue weighted by Crippen LogP contribution is 2.25. The summed E-state index contributed by atoms with van der Waals surface area (Å²) in [5.41, 5.74) is 4.43. The van der Waals surface area contributed by atoms with Crippen molar-refractivity contribution in [2.24, 2.45) is 5.10 Å². The molecule has 9 heteroatoms. The van der Waals surface area contributed by atoms with Crippen molar-refractivity contribution in [1.82, 2.24) is 10.7 Å². The molecule has 0 fully saturated rings. The van der Waals surface area contributed by atoms with Gasteiger partial charge in [-0.2, -0.15) is 5.10 Å². The Morgan fingerprint density at radius 3 is 2.32 bits per heavy atom. The van der Waals surface area contributed by atoms with Gasteiger partial charge in [0.05, 0.1) is 23.1 Å². The summed E-state index contributed by atoms with van der Waals surface area (Å²) < 4.78 is 5.70. The molecule has 1 atom stereocenters. The Balaban J connectivity index is 1.62. The smallest absolute Gasteiger partial charge is 0.341 e. The van der Waals surface area contributed by atoms with Gasteiger partial charge in [0.15, 0.2) is 6.61 Å². The predicted octanol–water partition coefficient (Wildman–Crippen LogP) is 3.92. The van der Waals surface area contributed by atoms with Crippen LogP contribution in [0.3, 0.4) is 0 Å². The Labute approximate surface area is 204 Å². The molecule has 0 saturated heterocycles. The van der Waals surface area contributed by atoms with Crippen LogP contribution in [-0.4, -0.2) is 35.7 Å². The van der Waals surface area contributed by atoms with Crippen molar-refractivity contribution in [3.8, 4) is 5.75 Å². The summed E-state index contributed by atoms with van der Waals surface area (Å²) in [6.07, 6.45) is 1.44. The third kappa shape index (κ3) is 7.56. The van der Waals surface area contributed by atoms with E-state index < -0.39 is 18.6 Å². The first-order chi connectivity index (χ1) is 16.4. The molecule has 0 aromatic heterocycles. The summed E-state index contributed by atoms with van der Waals surface area (Å²) in [6, 6.07) is 22.4. The summed E-state index contributed by atoms with van der Waals surface area (Å²) in [5, 5.41) is 15.6. The molecule has 0 spiro atoms. The number of benzene rings is 3. The van der Waals surface area contributed by atoms with Crippen molar-refractivity contribution < 1.29 is 24.2 Å². The van der Waals surface area contributed by atoms with E-state index in [0.29, 0.717) is 21.3 Å². The van der Waals surface area contributed by atoms with Gasteiger partial charge in [0.1, 0.15) is 5.75 Å². The highest BCUT2D eigenvalue weighted by Gasteiger charge is 2.19. The number of hydrogen-bond donors (Lipinski definition) is 3. The molecule has 0 heterocycles. The molecular formula is C25H22BrN3O5. The van der Waals surface area contributed by atoms with Crippen LogP contribution >= 0.6 is 15.9 Å². The van der Waals surface area contributed by atoms with Crippen molar-refractivity contribution in [2.45, 2.75) is 12.5 Å². The molecule has 0 bridgehead atoms. The van der Waals surface area contributed by atoms with Gasteiger partial charge in [-0.05, 0) is 57.4 Å². The molecule has 0 saturated carbocycles. The predicted molar refractivity (Wildman–Crippen MR) is 131 cm³/mol. The quantitative estimate of drug-likeness (QED) is 0.275. The van der Waals surface area contributed by atoms with Gasteiger partial charge in [-0.3, -0.25) is 9.59 Å². The minimum Gasteiger partial charge on any atom is -0.481 e. The fourth-order valence-corrected chi connectivity index (χ4v) is 3.54. The first-order valence-corrected chi connectivity index (χ1v) is 11.1. The summed E-state index contributed by atoms with van der Waals surface area (Å²) in [7, 11) is 0. The van der Waals surface area contributed by atoms with Crippen molar-refractivity contribution in [3.63, 3.8) is 0 Å². The van der Waals surface area contributed by atoms with E-state index in [4.69, 9.17) is 9.84 Å². The van der Waals surface area contributed by atoms with Crippen LogP contribution in [0.25, 0.3) is 0 Å². The summed E-state index contributed by atoms with van der Waals surface area (Å²) in [4.78, 5) is 35.8. The lowest BCUT2D eigenvalue weighted by Crippen LogP contribution is -2.32. The fourth-order valence-electron chi connectivity index (χ4n) is 3.03. The number of carbonyl (C=O) groups is 3. The Hall–Kier alpha value is -3.98. The van der Waals surface area contributed by atoms with Gasteiger partial charge in [-0.15, -0.1) is 0 Å². The molecule has 2 amide bonds. The summed E-state index contributed by atoms with van der Waals surface area (Å²) in [5.74, 6) is -1.35. The zero-order chi connectivity index (χ0) is 24.3. The zero-order valence-electron chi connectivity index (χ0n) is 18.0. The third-order valence-electron chi connectivity index (χ3n) is 4.64. The molecule has 0 unspecified atom stereocenters. The number of hydrazone groups is 1. The van der Waals surface area contributed by atoms with Gasteiger partial charge in [0, 0.05) is 5.56 Å². The number of halogens is 1. The SMILES string of the molecule is O=C(O)COc1ccc(/C=N\NC(=O)C[C@H](NC(=O)c2ccccc2)c2ccccc2)cc1Br. The molecular weight excluding hydrogens is 502 g/mol. The first-order valence-electron chi connectivity index (χ1n) is 10.3. The van der Waals surface area contributed by atoms with Gasteiger partial charge >= 0.3 is 5.97 Å². The van der Waals surface area contributed by atoms with Crippen molar-refractivity contribution in [1.29, 1.82) is 0 Å². The van der Waals surface area contributed by atoms with Gasteiger partial charge in [0.25, 0.3) is 5.91 Å². The van der Waals surface area contributed by atoms with E-state index in [0.717, 1.165) is 5.56 Å². The number of hydrogen-bond acceptors (Lipinski definition) is 5. The number of ether oxygens (including phenoxy) is 1. The van der Waals surface area contributed by atoms with Crippen LogP contribution in [0.5, 0.6) is 5.75 Å². The Bertz CT molecular complexity index is 1170. The van der Waals surface area contributed by atoms with Crippen molar-refractivity contribution in [2.75, 3.05) is 6.61 Å². The Morgan fingerprint density at radius 2 is 1.68 bits per heavy atom. The second-order valence-electron chi connectivity index (χ2n) is 7.17. The number of carboxylic acid groups (broad SMARTS) is 1.